The van der Waals surface area contributed by atoms with Crippen LogP contribution in [0.2, 0.25) is 0 Å². The Hall–Kier alpha value is -4.26. The van der Waals surface area contributed by atoms with E-state index in [1.165, 1.54) is 4.68 Å². The zero-order valence-corrected chi connectivity index (χ0v) is 16.4. The number of hydrogen-bond donors (Lipinski definition) is 0. The number of ether oxygens (including phenoxy) is 2. The number of esters is 2. The second-order valence-electron chi connectivity index (χ2n) is 6.58. The highest BCUT2D eigenvalue weighted by atomic mass is 16.6. The van der Waals surface area contributed by atoms with Gasteiger partial charge in [0, 0.05) is 5.39 Å². The van der Waals surface area contributed by atoms with Gasteiger partial charge >= 0.3 is 11.9 Å². The molecule has 31 heavy (non-hydrogen) atoms. The third-order valence-electron chi connectivity index (χ3n) is 4.56. The van der Waals surface area contributed by atoms with Crippen molar-refractivity contribution in [3.05, 3.63) is 107 Å². The van der Waals surface area contributed by atoms with E-state index in [2.05, 4.69) is 5.10 Å². The second-order valence-corrected chi connectivity index (χ2v) is 6.58. The lowest BCUT2D eigenvalue weighted by molar-refractivity contribution is 0.0262. The maximum atomic E-state index is 12.9. The van der Waals surface area contributed by atoms with Gasteiger partial charge in [-0.25, -0.2) is 9.59 Å². The molecular weight excluding hydrogens is 396 g/mol. The molecule has 0 fully saturated rings. The number of rotatable bonds is 6. The lowest BCUT2D eigenvalue weighted by atomic mass is 10.1. The van der Waals surface area contributed by atoms with Gasteiger partial charge in [-0.15, -0.1) is 0 Å². The summed E-state index contributed by atoms with van der Waals surface area (Å²) in [6.45, 7) is -0.242. The third kappa shape index (κ3) is 4.35. The molecule has 3 aromatic carbocycles. The van der Waals surface area contributed by atoms with Crippen molar-refractivity contribution in [2.75, 3.05) is 13.2 Å². The van der Waals surface area contributed by atoms with Crippen LogP contribution in [0.1, 0.15) is 20.8 Å². The number of aromatic nitrogens is 2. The van der Waals surface area contributed by atoms with Crippen LogP contribution in [-0.2, 0) is 9.47 Å². The summed E-state index contributed by atoms with van der Waals surface area (Å²) in [5.41, 5.74) is 0.615. The fourth-order valence-electron chi connectivity index (χ4n) is 3.08. The minimum atomic E-state index is -0.711. The smallest absolute Gasteiger partial charge is 0.359 e. The Bertz CT molecular complexity index is 1280. The number of para-hydroxylation sites is 1. The Kier molecular flexibility index (Phi) is 5.84. The molecule has 0 spiro atoms. The Balaban J connectivity index is 1.53. The van der Waals surface area contributed by atoms with Crippen LogP contribution in [0.5, 0.6) is 0 Å². The second kappa shape index (κ2) is 9.04. The summed E-state index contributed by atoms with van der Waals surface area (Å²) < 4.78 is 11.6. The Morgan fingerprint density at radius 1 is 0.710 bits per heavy atom. The van der Waals surface area contributed by atoms with Gasteiger partial charge in [-0.3, -0.25) is 4.79 Å². The minimum absolute atomic E-state index is 0.00781. The van der Waals surface area contributed by atoms with Gasteiger partial charge in [0.15, 0.2) is 5.69 Å². The van der Waals surface area contributed by atoms with Gasteiger partial charge in [-0.05, 0) is 30.3 Å². The highest BCUT2D eigenvalue weighted by molar-refractivity contribution is 6.02. The van der Waals surface area contributed by atoms with Crippen molar-refractivity contribution in [3.63, 3.8) is 0 Å². The quantitative estimate of drug-likeness (QED) is 0.355. The predicted octanol–water partition coefficient (Wildman–Crippen LogP) is 3.40. The Morgan fingerprint density at radius 3 is 1.94 bits per heavy atom. The molecule has 0 atom stereocenters. The van der Waals surface area contributed by atoms with Gasteiger partial charge in [0.25, 0.3) is 5.56 Å². The molecule has 0 radical (unpaired) electrons. The average Bonchev–Trinajstić information content (AvgIpc) is 2.83. The Morgan fingerprint density at radius 2 is 1.26 bits per heavy atom. The van der Waals surface area contributed by atoms with E-state index in [9.17, 15) is 14.4 Å². The number of carbonyl (C=O) groups is 2. The van der Waals surface area contributed by atoms with Crippen molar-refractivity contribution in [1.82, 2.24) is 9.78 Å². The molecule has 0 N–H and O–H groups in total. The molecular formula is C24H18N2O5. The zero-order valence-electron chi connectivity index (χ0n) is 16.4. The van der Waals surface area contributed by atoms with E-state index in [-0.39, 0.29) is 24.5 Å². The molecule has 0 bridgehead atoms. The van der Waals surface area contributed by atoms with Crippen LogP contribution < -0.4 is 5.56 Å². The van der Waals surface area contributed by atoms with Crippen molar-refractivity contribution in [2.45, 2.75) is 0 Å². The average molecular weight is 414 g/mol. The molecule has 0 aliphatic carbocycles. The van der Waals surface area contributed by atoms with Gasteiger partial charge < -0.3 is 9.47 Å². The van der Waals surface area contributed by atoms with E-state index in [4.69, 9.17) is 9.47 Å². The van der Waals surface area contributed by atoms with E-state index >= 15 is 0 Å². The zero-order chi connectivity index (χ0) is 21.6. The van der Waals surface area contributed by atoms with Gasteiger partial charge in [-0.1, -0.05) is 54.6 Å². The van der Waals surface area contributed by atoms with E-state index in [1.807, 2.05) is 6.07 Å². The molecule has 7 nitrogen and oxygen atoms in total. The topological polar surface area (TPSA) is 87.5 Å². The summed E-state index contributed by atoms with van der Waals surface area (Å²) in [6, 6.07) is 24.1. The number of nitrogens with zero attached hydrogens (tertiary/aromatic N) is 2. The van der Waals surface area contributed by atoms with Crippen LogP contribution >= 0.6 is 0 Å². The molecule has 4 rings (SSSR count). The molecule has 4 aromatic rings. The number of hydrogen-bond acceptors (Lipinski definition) is 6. The first-order chi connectivity index (χ1) is 15.1. The first kappa shape index (κ1) is 20.0. The van der Waals surface area contributed by atoms with E-state index in [0.717, 1.165) is 0 Å². The fourth-order valence-corrected chi connectivity index (χ4v) is 3.08. The Labute approximate surface area is 177 Å². The number of benzene rings is 3. The predicted molar refractivity (Wildman–Crippen MR) is 114 cm³/mol. The van der Waals surface area contributed by atoms with Crippen LogP contribution in [-0.4, -0.2) is 34.9 Å². The highest BCUT2D eigenvalue weighted by Crippen LogP contribution is 2.16. The van der Waals surface area contributed by atoms with Crippen molar-refractivity contribution in [1.29, 1.82) is 0 Å². The summed E-state index contributed by atoms with van der Waals surface area (Å²) in [7, 11) is 0. The van der Waals surface area contributed by atoms with Crippen molar-refractivity contribution < 1.29 is 19.1 Å². The summed E-state index contributed by atoms with van der Waals surface area (Å²) in [5, 5.41) is 5.00. The third-order valence-corrected chi connectivity index (χ3v) is 4.56. The van der Waals surface area contributed by atoms with E-state index < -0.39 is 11.9 Å². The van der Waals surface area contributed by atoms with Gasteiger partial charge in [0.1, 0.15) is 13.2 Å². The van der Waals surface area contributed by atoms with Crippen LogP contribution in [0.4, 0.5) is 0 Å². The standard InChI is InChI=1S/C24H18N2O5/c27-22-20-14-8-7-13-19(20)21(25-26(22)18-11-5-2-6-12-18)24(29)31-16-15-30-23(28)17-9-3-1-4-10-17/h1-14H,15-16H2. The van der Waals surface area contributed by atoms with Gasteiger partial charge in [-0.2, -0.15) is 9.78 Å². The minimum Gasteiger partial charge on any atom is -0.458 e. The highest BCUT2D eigenvalue weighted by Gasteiger charge is 2.19. The summed E-state index contributed by atoms with van der Waals surface area (Å²) in [5.74, 6) is -1.21. The van der Waals surface area contributed by atoms with Crippen LogP contribution in [0.25, 0.3) is 16.5 Å². The van der Waals surface area contributed by atoms with Crippen LogP contribution in [0.15, 0.2) is 89.7 Å². The van der Waals surface area contributed by atoms with E-state index in [1.54, 1.807) is 78.9 Å². The molecule has 0 aliphatic heterocycles. The molecule has 0 saturated carbocycles. The number of carbonyl (C=O) groups excluding carboxylic acids is 2. The molecule has 0 unspecified atom stereocenters. The molecule has 7 heteroatoms. The van der Waals surface area contributed by atoms with Crippen LogP contribution in [0.3, 0.4) is 0 Å². The van der Waals surface area contributed by atoms with Crippen molar-refractivity contribution >= 4 is 22.7 Å². The summed E-state index contributed by atoms with van der Waals surface area (Å²) in [6.07, 6.45) is 0. The SMILES string of the molecule is O=C(OCCOC(=O)c1nn(-c2ccccc2)c(=O)c2ccccc12)c1ccccc1. The first-order valence-corrected chi connectivity index (χ1v) is 9.62. The van der Waals surface area contributed by atoms with E-state index in [0.29, 0.717) is 22.0 Å². The van der Waals surface area contributed by atoms with Crippen molar-refractivity contribution in [2.24, 2.45) is 0 Å². The molecule has 1 heterocycles. The fraction of sp³-hybridized carbons (Fsp3) is 0.0833. The lowest BCUT2D eigenvalue weighted by Gasteiger charge is -2.11. The lowest BCUT2D eigenvalue weighted by Crippen LogP contribution is -2.25. The first-order valence-electron chi connectivity index (χ1n) is 9.62. The number of fused-ring (bicyclic) bond motifs is 1. The molecule has 0 aliphatic rings. The summed E-state index contributed by atoms with van der Waals surface area (Å²) >= 11 is 0. The normalized spacial score (nSPS) is 10.6. The molecule has 0 saturated heterocycles. The molecule has 154 valence electrons. The van der Waals surface area contributed by atoms with Gasteiger partial charge in [0.05, 0.1) is 16.6 Å². The van der Waals surface area contributed by atoms with Crippen molar-refractivity contribution in [3.8, 4) is 5.69 Å². The largest absolute Gasteiger partial charge is 0.458 e. The van der Waals surface area contributed by atoms with Crippen LogP contribution in [0, 0.1) is 0 Å². The van der Waals surface area contributed by atoms with Gasteiger partial charge in [0.2, 0.25) is 0 Å². The maximum absolute atomic E-state index is 12.9. The summed E-state index contributed by atoms with van der Waals surface area (Å²) in [4.78, 5) is 37.6. The monoisotopic (exact) mass is 414 g/mol. The maximum Gasteiger partial charge on any atom is 0.359 e. The molecule has 1 aromatic heterocycles. The molecule has 0 amide bonds.